The lowest BCUT2D eigenvalue weighted by atomic mass is 10.1. The predicted molar refractivity (Wildman–Crippen MR) is 79.1 cm³/mol. The van der Waals surface area contributed by atoms with Gasteiger partial charge in [-0.05, 0) is 38.0 Å². The molecule has 0 fully saturated rings. The van der Waals surface area contributed by atoms with Crippen LogP contribution < -0.4 is 20.5 Å². The Bertz CT molecular complexity index is 447. The van der Waals surface area contributed by atoms with Crippen LogP contribution in [0.2, 0.25) is 0 Å². The third kappa shape index (κ3) is 5.09. The highest BCUT2D eigenvalue weighted by Gasteiger charge is 2.11. The first kappa shape index (κ1) is 16.3. The molecule has 0 saturated carbocycles. The molecule has 0 radical (unpaired) electrons. The number of amides is 1. The zero-order chi connectivity index (χ0) is 15.1. The quantitative estimate of drug-likeness (QED) is 0.793. The van der Waals surface area contributed by atoms with Crippen molar-refractivity contribution in [2.45, 2.75) is 38.8 Å². The van der Waals surface area contributed by atoms with Gasteiger partial charge in [-0.3, -0.25) is 4.79 Å². The highest BCUT2D eigenvalue weighted by atomic mass is 16.5. The molecule has 1 aromatic rings. The molecule has 112 valence electrons. The molecule has 0 heterocycles. The topological polar surface area (TPSA) is 73.6 Å². The van der Waals surface area contributed by atoms with E-state index in [2.05, 4.69) is 5.32 Å². The van der Waals surface area contributed by atoms with Crippen molar-refractivity contribution in [2.75, 3.05) is 14.2 Å². The van der Waals surface area contributed by atoms with Crippen LogP contribution >= 0.6 is 0 Å². The Labute approximate surface area is 120 Å². The van der Waals surface area contributed by atoms with Gasteiger partial charge in [-0.15, -0.1) is 0 Å². The standard InChI is InChI=1S/C15H24N2O3/c1-10(16)7-11(2)17-15(18)9-12-5-6-13(19-3)14(8-12)20-4/h5-6,8,10-11H,7,9,16H2,1-4H3,(H,17,18). The molecule has 0 aromatic heterocycles. The maximum Gasteiger partial charge on any atom is 0.224 e. The van der Waals surface area contributed by atoms with Gasteiger partial charge < -0.3 is 20.5 Å². The Morgan fingerprint density at radius 2 is 1.90 bits per heavy atom. The SMILES string of the molecule is COc1ccc(CC(=O)NC(C)CC(C)N)cc1OC. The van der Waals surface area contributed by atoms with E-state index in [-0.39, 0.29) is 18.0 Å². The van der Waals surface area contributed by atoms with Crippen molar-refractivity contribution in [1.82, 2.24) is 5.32 Å². The van der Waals surface area contributed by atoms with Crippen LogP contribution in [0.3, 0.4) is 0 Å². The lowest BCUT2D eigenvalue weighted by Gasteiger charge is -2.16. The lowest BCUT2D eigenvalue weighted by Crippen LogP contribution is -2.37. The molecule has 0 bridgehead atoms. The highest BCUT2D eigenvalue weighted by molar-refractivity contribution is 5.79. The van der Waals surface area contributed by atoms with Gasteiger partial charge in [0, 0.05) is 12.1 Å². The molecular weight excluding hydrogens is 256 g/mol. The molecule has 2 unspecified atom stereocenters. The van der Waals surface area contributed by atoms with Crippen LogP contribution in [0.5, 0.6) is 11.5 Å². The summed E-state index contributed by atoms with van der Waals surface area (Å²) in [5.74, 6) is 1.26. The monoisotopic (exact) mass is 280 g/mol. The van der Waals surface area contributed by atoms with E-state index in [0.717, 1.165) is 12.0 Å². The second kappa shape index (κ2) is 7.75. The fourth-order valence-corrected chi connectivity index (χ4v) is 2.12. The largest absolute Gasteiger partial charge is 0.493 e. The molecule has 1 amide bonds. The van der Waals surface area contributed by atoms with Crippen molar-refractivity contribution in [3.05, 3.63) is 23.8 Å². The van der Waals surface area contributed by atoms with E-state index in [4.69, 9.17) is 15.2 Å². The second-order valence-electron chi connectivity index (χ2n) is 5.05. The summed E-state index contributed by atoms with van der Waals surface area (Å²) in [6, 6.07) is 5.62. The minimum Gasteiger partial charge on any atom is -0.493 e. The number of hydrogen-bond donors (Lipinski definition) is 2. The summed E-state index contributed by atoms with van der Waals surface area (Å²) in [6.45, 7) is 3.88. The van der Waals surface area contributed by atoms with E-state index >= 15 is 0 Å². The maximum absolute atomic E-state index is 11.9. The van der Waals surface area contributed by atoms with Crippen LogP contribution in [0.15, 0.2) is 18.2 Å². The Hall–Kier alpha value is -1.75. The maximum atomic E-state index is 11.9. The van der Waals surface area contributed by atoms with Gasteiger partial charge in [-0.25, -0.2) is 0 Å². The lowest BCUT2D eigenvalue weighted by molar-refractivity contribution is -0.121. The van der Waals surface area contributed by atoms with Crippen LogP contribution in [0.1, 0.15) is 25.8 Å². The number of ether oxygens (including phenoxy) is 2. The second-order valence-corrected chi connectivity index (χ2v) is 5.05. The third-order valence-corrected chi connectivity index (χ3v) is 2.95. The number of hydrogen-bond acceptors (Lipinski definition) is 4. The van der Waals surface area contributed by atoms with Crippen molar-refractivity contribution in [2.24, 2.45) is 5.73 Å². The first-order chi connectivity index (χ1) is 9.46. The average Bonchev–Trinajstić information content (AvgIpc) is 2.37. The average molecular weight is 280 g/mol. The molecule has 0 saturated heterocycles. The minimum absolute atomic E-state index is 0.0228. The number of benzene rings is 1. The molecule has 3 N–H and O–H groups in total. The number of carbonyl (C=O) groups excluding carboxylic acids is 1. The summed E-state index contributed by atoms with van der Waals surface area (Å²) in [5, 5.41) is 2.93. The molecule has 0 spiro atoms. The van der Waals surface area contributed by atoms with Crippen molar-refractivity contribution < 1.29 is 14.3 Å². The summed E-state index contributed by atoms with van der Waals surface area (Å²) >= 11 is 0. The highest BCUT2D eigenvalue weighted by Crippen LogP contribution is 2.27. The fraction of sp³-hybridized carbons (Fsp3) is 0.533. The van der Waals surface area contributed by atoms with E-state index in [9.17, 15) is 4.79 Å². The summed E-state index contributed by atoms with van der Waals surface area (Å²) < 4.78 is 10.4. The molecule has 1 aromatic carbocycles. The van der Waals surface area contributed by atoms with E-state index in [0.29, 0.717) is 17.9 Å². The molecule has 0 aliphatic carbocycles. The summed E-state index contributed by atoms with van der Waals surface area (Å²) in [7, 11) is 3.16. The molecule has 1 rings (SSSR count). The summed E-state index contributed by atoms with van der Waals surface area (Å²) in [5.41, 5.74) is 6.59. The van der Waals surface area contributed by atoms with Gasteiger partial charge in [0.1, 0.15) is 0 Å². The van der Waals surface area contributed by atoms with Crippen molar-refractivity contribution in [1.29, 1.82) is 0 Å². The van der Waals surface area contributed by atoms with Crippen LogP contribution in [-0.4, -0.2) is 32.2 Å². The molecule has 5 heteroatoms. The minimum atomic E-state index is -0.0228. The van der Waals surface area contributed by atoms with Crippen molar-refractivity contribution >= 4 is 5.91 Å². The number of rotatable bonds is 7. The fourth-order valence-electron chi connectivity index (χ4n) is 2.12. The third-order valence-electron chi connectivity index (χ3n) is 2.95. The Morgan fingerprint density at radius 1 is 1.25 bits per heavy atom. The predicted octanol–water partition coefficient (Wildman–Crippen LogP) is 1.49. The van der Waals surface area contributed by atoms with Gasteiger partial charge >= 0.3 is 0 Å². The van der Waals surface area contributed by atoms with E-state index in [1.807, 2.05) is 26.0 Å². The van der Waals surface area contributed by atoms with Gasteiger partial charge in [0.25, 0.3) is 0 Å². The molecule has 20 heavy (non-hydrogen) atoms. The number of carbonyl (C=O) groups is 1. The van der Waals surface area contributed by atoms with E-state index in [1.54, 1.807) is 20.3 Å². The van der Waals surface area contributed by atoms with Crippen LogP contribution in [0.4, 0.5) is 0 Å². The Morgan fingerprint density at radius 3 is 2.45 bits per heavy atom. The van der Waals surface area contributed by atoms with Crippen LogP contribution in [0.25, 0.3) is 0 Å². The van der Waals surface area contributed by atoms with Gasteiger partial charge in [-0.1, -0.05) is 6.07 Å². The van der Waals surface area contributed by atoms with E-state index in [1.165, 1.54) is 0 Å². The zero-order valence-corrected chi connectivity index (χ0v) is 12.6. The van der Waals surface area contributed by atoms with Crippen molar-refractivity contribution in [3.8, 4) is 11.5 Å². The van der Waals surface area contributed by atoms with Gasteiger partial charge in [-0.2, -0.15) is 0 Å². The molecule has 5 nitrogen and oxygen atoms in total. The first-order valence-electron chi connectivity index (χ1n) is 6.72. The number of nitrogens with one attached hydrogen (secondary N) is 1. The normalized spacial score (nSPS) is 13.4. The first-order valence-corrected chi connectivity index (χ1v) is 6.72. The zero-order valence-electron chi connectivity index (χ0n) is 12.6. The molecule has 0 aliphatic rings. The summed E-state index contributed by atoms with van der Waals surface area (Å²) in [6.07, 6.45) is 1.07. The number of nitrogens with two attached hydrogens (primary N) is 1. The Kier molecular flexibility index (Phi) is 6.31. The van der Waals surface area contributed by atoms with Crippen molar-refractivity contribution in [3.63, 3.8) is 0 Å². The number of methoxy groups -OCH3 is 2. The molecule has 2 atom stereocenters. The van der Waals surface area contributed by atoms with E-state index < -0.39 is 0 Å². The Balaban J connectivity index is 2.62. The van der Waals surface area contributed by atoms with Crippen LogP contribution in [0, 0.1) is 0 Å². The van der Waals surface area contributed by atoms with Crippen LogP contribution in [-0.2, 0) is 11.2 Å². The molecular formula is C15H24N2O3. The van der Waals surface area contributed by atoms with Gasteiger partial charge in [0.15, 0.2) is 11.5 Å². The van der Waals surface area contributed by atoms with Gasteiger partial charge in [0.2, 0.25) is 5.91 Å². The smallest absolute Gasteiger partial charge is 0.224 e. The summed E-state index contributed by atoms with van der Waals surface area (Å²) in [4.78, 5) is 11.9. The molecule has 0 aliphatic heterocycles. The van der Waals surface area contributed by atoms with Gasteiger partial charge in [0.05, 0.1) is 20.6 Å².